The number of ether oxygens (including phenoxy) is 2. The molecule has 3 aromatic carbocycles. The van der Waals surface area contributed by atoms with E-state index in [2.05, 4.69) is 21.4 Å². The minimum Gasteiger partial charge on any atom is -0.495 e. The van der Waals surface area contributed by atoms with Crippen LogP contribution in [0, 0.1) is 11.3 Å². The highest BCUT2D eigenvalue weighted by molar-refractivity contribution is 6.31. The third kappa shape index (κ3) is 5.32. The fourth-order valence-corrected chi connectivity index (χ4v) is 3.35. The van der Waals surface area contributed by atoms with Crippen molar-refractivity contribution in [2.75, 3.05) is 19.0 Å². The zero-order valence-electron chi connectivity index (χ0n) is 17.6. The van der Waals surface area contributed by atoms with E-state index in [1.807, 2.05) is 24.3 Å². The van der Waals surface area contributed by atoms with Crippen molar-refractivity contribution in [2.24, 2.45) is 0 Å². The van der Waals surface area contributed by atoms with Gasteiger partial charge in [0.2, 0.25) is 0 Å². The Balaban J connectivity index is 1.40. The van der Waals surface area contributed by atoms with Gasteiger partial charge in [-0.3, -0.25) is 4.79 Å². The van der Waals surface area contributed by atoms with E-state index >= 15 is 0 Å². The number of para-hydroxylation sites is 2. The van der Waals surface area contributed by atoms with Gasteiger partial charge in [-0.15, -0.1) is 0 Å². The summed E-state index contributed by atoms with van der Waals surface area (Å²) in [6, 6.07) is 21.8. The van der Waals surface area contributed by atoms with Crippen molar-refractivity contribution >= 4 is 45.9 Å². The smallest absolute Gasteiger partial charge is 0.262 e. The van der Waals surface area contributed by atoms with Crippen LogP contribution >= 0.6 is 11.6 Å². The molecule has 0 saturated heterocycles. The fourth-order valence-electron chi connectivity index (χ4n) is 3.17. The molecule has 0 radical (unpaired) electrons. The minimum absolute atomic E-state index is 0.187. The number of hydrogen-bond acceptors (Lipinski definition) is 5. The molecule has 8 heteroatoms. The summed E-state index contributed by atoms with van der Waals surface area (Å²) in [5.74, 6) is 1.17. The van der Waals surface area contributed by atoms with Crippen molar-refractivity contribution < 1.29 is 14.3 Å². The van der Waals surface area contributed by atoms with Crippen LogP contribution in [0.4, 0.5) is 5.69 Å². The van der Waals surface area contributed by atoms with Gasteiger partial charge in [-0.25, -0.2) is 4.98 Å². The molecule has 0 unspecified atom stereocenters. The van der Waals surface area contributed by atoms with E-state index in [0.717, 1.165) is 16.6 Å². The maximum Gasteiger partial charge on any atom is 0.262 e. The van der Waals surface area contributed by atoms with Gasteiger partial charge in [-0.1, -0.05) is 35.9 Å². The molecule has 0 aliphatic carbocycles. The zero-order chi connectivity index (χ0) is 23.2. The van der Waals surface area contributed by atoms with Gasteiger partial charge in [0.1, 0.15) is 23.4 Å². The third-order valence-corrected chi connectivity index (χ3v) is 5.00. The van der Waals surface area contributed by atoms with Crippen LogP contribution in [-0.2, 0) is 4.79 Å². The number of anilines is 1. The molecule has 0 spiro atoms. The minimum atomic E-state index is -0.351. The SMILES string of the molecule is COc1ccc(Cl)cc1NC(=O)COc1ccc(/C=C(\C#N)c2nc3ccccc3[nH]2)cc1. The summed E-state index contributed by atoms with van der Waals surface area (Å²) in [4.78, 5) is 19.9. The van der Waals surface area contributed by atoms with Gasteiger partial charge in [0.15, 0.2) is 6.61 Å². The van der Waals surface area contributed by atoms with Crippen LogP contribution in [0.3, 0.4) is 0 Å². The number of benzene rings is 3. The van der Waals surface area contributed by atoms with E-state index in [9.17, 15) is 10.1 Å². The number of fused-ring (bicyclic) bond motifs is 1. The van der Waals surface area contributed by atoms with E-state index in [-0.39, 0.29) is 12.5 Å². The number of aromatic amines is 1. The number of nitrogens with zero attached hydrogens (tertiary/aromatic N) is 2. The molecule has 0 aliphatic heterocycles. The molecular weight excluding hydrogens is 440 g/mol. The number of aromatic nitrogens is 2. The average Bonchev–Trinajstić information content (AvgIpc) is 3.26. The zero-order valence-corrected chi connectivity index (χ0v) is 18.4. The second kappa shape index (κ2) is 9.90. The van der Waals surface area contributed by atoms with Crippen LogP contribution in [0.5, 0.6) is 11.5 Å². The summed E-state index contributed by atoms with van der Waals surface area (Å²) < 4.78 is 10.8. The maximum atomic E-state index is 12.3. The fraction of sp³-hybridized carbons (Fsp3) is 0.0800. The molecule has 0 bridgehead atoms. The van der Waals surface area contributed by atoms with Gasteiger partial charge < -0.3 is 19.8 Å². The Morgan fingerprint density at radius 2 is 1.97 bits per heavy atom. The predicted octanol–water partition coefficient (Wildman–Crippen LogP) is 5.31. The van der Waals surface area contributed by atoms with Gasteiger partial charge in [0.25, 0.3) is 5.91 Å². The second-order valence-electron chi connectivity index (χ2n) is 7.02. The number of carbonyl (C=O) groups excluding carboxylic acids is 1. The molecule has 164 valence electrons. The average molecular weight is 459 g/mol. The number of nitriles is 1. The lowest BCUT2D eigenvalue weighted by Crippen LogP contribution is -2.20. The standard InChI is InChI=1S/C25H19ClN4O3/c1-32-23-11-8-18(26)13-22(23)28-24(31)15-33-19-9-6-16(7-10-19)12-17(14-27)25-29-20-4-2-3-5-21(20)30-25/h2-13H,15H2,1H3,(H,28,31)(H,29,30)/b17-12+. The highest BCUT2D eigenvalue weighted by Gasteiger charge is 2.10. The van der Waals surface area contributed by atoms with Gasteiger partial charge in [0, 0.05) is 5.02 Å². The molecule has 1 aromatic heterocycles. The lowest BCUT2D eigenvalue weighted by atomic mass is 10.1. The van der Waals surface area contributed by atoms with E-state index in [4.69, 9.17) is 21.1 Å². The molecule has 1 heterocycles. The van der Waals surface area contributed by atoms with Crippen LogP contribution < -0.4 is 14.8 Å². The van der Waals surface area contributed by atoms with Crippen LogP contribution in [0.15, 0.2) is 66.7 Å². The molecule has 4 rings (SSSR count). The summed E-state index contributed by atoms with van der Waals surface area (Å²) in [7, 11) is 1.51. The molecule has 0 atom stereocenters. The van der Waals surface area contributed by atoms with Gasteiger partial charge in [0.05, 0.1) is 29.4 Å². The first-order valence-electron chi connectivity index (χ1n) is 9.99. The molecule has 0 saturated carbocycles. The summed E-state index contributed by atoms with van der Waals surface area (Å²) in [5, 5.41) is 12.8. The van der Waals surface area contributed by atoms with Crippen LogP contribution in [0.25, 0.3) is 22.7 Å². The van der Waals surface area contributed by atoms with Crippen molar-refractivity contribution in [1.82, 2.24) is 9.97 Å². The molecule has 1 amide bonds. The maximum absolute atomic E-state index is 12.3. The molecule has 0 aliphatic rings. The molecule has 7 nitrogen and oxygen atoms in total. The number of carbonyl (C=O) groups is 1. The normalized spacial score (nSPS) is 11.1. The van der Waals surface area contributed by atoms with Gasteiger partial charge in [-0.2, -0.15) is 5.26 Å². The first-order valence-corrected chi connectivity index (χ1v) is 10.4. The lowest BCUT2D eigenvalue weighted by molar-refractivity contribution is -0.118. The Hall–Kier alpha value is -4.28. The van der Waals surface area contributed by atoms with Crippen molar-refractivity contribution in [3.05, 3.63) is 83.1 Å². The highest BCUT2D eigenvalue weighted by atomic mass is 35.5. The van der Waals surface area contributed by atoms with Gasteiger partial charge in [-0.05, 0) is 54.1 Å². The molecular formula is C25H19ClN4O3. The number of amides is 1. The van der Waals surface area contributed by atoms with E-state index < -0.39 is 0 Å². The predicted molar refractivity (Wildman–Crippen MR) is 128 cm³/mol. The number of hydrogen-bond donors (Lipinski definition) is 2. The first-order chi connectivity index (χ1) is 16.1. The Labute approximate surface area is 195 Å². The Morgan fingerprint density at radius 3 is 2.70 bits per heavy atom. The quantitative estimate of drug-likeness (QED) is 0.366. The van der Waals surface area contributed by atoms with Crippen molar-refractivity contribution in [2.45, 2.75) is 0 Å². The van der Waals surface area contributed by atoms with E-state index in [1.165, 1.54) is 7.11 Å². The first kappa shape index (κ1) is 21.9. The number of halogens is 1. The number of imidazole rings is 1. The van der Waals surface area contributed by atoms with E-state index in [0.29, 0.717) is 33.6 Å². The topological polar surface area (TPSA) is 100 Å². The van der Waals surface area contributed by atoms with E-state index in [1.54, 1.807) is 48.5 Å². The number of H-pyrrole nitrogens is 1. The Kier molecular flexibility index (Phi) is 6.58. The highest BCUT2D eigenvalue weighted by Crippen LogP contribution is 2.27. The number of methoxy groups -OCH3 is 1. The number of allylic oxidation sites excluding steroid dienone is 1. The molecule has 4 aromatic rings. The number of rotatable bonds is 7. The largest absolute Gasteiger partial charge is 0.495 e. The van der Waals surface area contributed by atoms with Crippen LogP contribution in [0.2, 0.25) is 5.02 Å². The summed E-state index contributed by atoms with van der Waals surface area (Å²) in [6.45, 7) is -0.187. The van der Waals surface area contributed by atoms with Crippen molar-refractivity contribution in [1.29, 1.82) is 5.26 Å². The lowest BCUT2D eigenvalue weighted by Gasteiger charge is -2.11. The van der Waals surface area contributed by atoms with Crippen LogP contribution in [0.1, 0.15) is 11.4 Å². The second-order valence-corrected chi connectivity index (χ2v) is 7.46. The summed E-state index contributed by atoms with van der Waals surface area (Å²) in [5.41, 5.74) is 3.34. The third-order valence-electron chi connectivity index (χ3n) is 4.76. The Bertz CT molecular complexity index is 1340. The molecule has 33 heavy (non-hydrogen) atoms. The monoisotopic (exact) mass is 458 g/mol. The molecule has 2 N–H and O–H groups in total. The Morgan fingerprint density at radius 1 is 1.18 bits per heavy atom. The van der Waals surface area contributed by atoms with Crippen molar-refractivity contribution in [3.63, 3.8) is 0 Å². The summed E-state index contributed by atoms with van der Waals surface area (Å²) >= 11 is 5.98. The van der Waals surface area contributed by atoms with Crippen molar-refractivity contribution in [3.8, 4) is 17.6 Å². The summed E-state index contributed by atoms with van der Waals surface area (Å²) in [6.07, 6.45) is 1.74. The van der Waals surface area contributed by atoms with Crippen LogP contribution in [-0.4, -0.2) is 29.6 Å². The number of nitrogens with one attached hydrogen (secondary N) is 2. The molecule has 0 fully saturated rings. The van der Waals surface area contributed by atoms with Gasteiger partial charge >= 0.3 is 0 Å².